The van der Waals surface area contributed by atoms with E-state index >= 15 is 0 Å². The Hall–Kier alpha value is -1.49. The first-order valence-electron chi connectivity index (χ1n) is 5.66. The van der Waals surface area contributed by atoms with Crippen LogP contribution < -0.4 is 5.56 Å². The van der Waals surface area contributed by atoms with Crippen molar-refractivity contribution >= 4 is 32.6 Å². The Bertz CT molecular complexity index is 662. The van der Waals surface area contributed by atoms with Gasteiger partial charge in [-0.15, -0.1) is 0 Å². The Labute approximate surface area is 113 Å². The molecule has 2 rings (SSSR count). The number of rotatable bonds is 3. The molecule has 0 aliphatic rings. The molecule has 0 atom stereocenters. The van der Waals surface area contributed by atoms with Crippen LogP contribution in [0.4, 0.5) is 0 Å². The van der Waals surface area contributed by atoms with Gasteiger partial charge in [-0.1, -0.05) is 29.8 Å². The fourth-order valence-electron chi connectivity index (χ4n) is 1.59. The Morgan fingerprint density at radius 3 is 2.83 bits per heavy atom. The van der Waals surface area contributed by atoms with E-state index in [0.717, 1.165) is 4.47 Å². The molecule has 18 heavy (non-hydrogen) atoms. The Morgan fingerprint density at radius 1 is 1.44 bits per heavy atom. The number of Topliss-reactive ketones (excluding diaryl/α,β-unsaturated/α-hetero) is 1. The fraction of sp³-hybridized carbons (Fsp3) is 0.308. The van der Waals surface area contributed by atoms with Gasteiger partial charge in [0.25, 0.3) is 5.56 Å². The second kappa shape index (κ2) is 5.02. The number of halogens is 1. The zero-order valence-corrected chi connectivity index (χ0v) is 11.8. The summed E-state index contributed by atoms with van der Waals surface area (Å²) in [4.78, 5) is 28.0. The molecule has 0 amide bonds. The predicted octanol–water partition coefficient (Wildman–Crippen LogP) is 2.38. The van der Waals surface area contributed by atoms with Crippen molar-refractivity contribution in [3.8, 4) is 0 Å². The number of hydrogen-bond donors (Lipinski definition) is 0. The molecule has 0 unspecified atom stereocenters. The quantitative estimate of drug-likeness (QED) is 0.875. The van der Waals surface area contributed by atoms with E-state index < -0.39 is 0 Å². The van der Waals surface area contributed by atoms with E-state index in [4.69, 9.17) is 0 Å². The molecule has 94 valence electrons. The number of aromatic nitrogens is 2. The minimum absolute atomic E-state index is 0.0215. The van der Waals surface area contributed by atoms with Gasteiger partial charge in [0, 0.05) is 10.4 Å². The first-order valence-corrected chi connectivity index (χ1v) is 6.46. The van der Waals surface area contributed by atoms with Gasteiger partial charge in [0.2, 0.25) is 0 Å². The van der Waals surface area contributed by atoms with Gasteiger partial charge in [-0.25, -0.2) is 4.98 Å². The highest BCUT2D eigenvalue weighted by molar-refractivity contribution is 9.10. The van der Waals surface area contributed by atoms with Crippen LogP contribution in [-0.4, -0.2) is 15.3 Å². The second-order valence-electron chi connectivity index (χ2n) is 4.46. The lowest BCUT2D eigenvalue weighted by Gasteiger charge is -2.07. The fourth-order valence-corrected chi connectivity index (χ4v) is 1.96. The molecule has 0 radical (unpaired) electrons. The lowest BCUT2D eigenvalue weighted by Crippen LogP contribution is -2.26. The van der Waals surface area contributed by atoms with Crippen LogP contribution in [0.3, 0.4) is 0 Å². The van der Waals surface area contributed by atoms with E-state index in [0.29, 0.717) is 10.9 Å². The topological polar surface area (TPSA) is 52.0 Å². The summed E-state index contributed by atoms with van der Waals surface area (Å²) in [6.07, 6.45) is 1.43. The molecule has 1 aromatic heterocycles. The Morgan fingerprint density at radius 2 is 2.17 bits per heavy atom. The lowest BCUT2D eigenvalue weighted by molar-refractivity contribution is -0.122. The molecule has 0 spiro atoms. The molecule has 0 aliphatic heterocycles. The SMILES string of the molecule is CC(C)C(=O)Cn1cnc2ccc(Br)cc2c1=O. The molecule has 0 saturated carbocycles. The number of nitrogens with zero attached hydrogens (tertiary/aromatic N) is 2. The Balaban J connectivity index is 2.51. The summed E-state index contributed by atoms with van der Waals surface area (Å²) >= 11 is 3.32. The molecule has 5 heteroatoms. The van der Waals surface area contributed by atoms with E-state index in [1.165, 1.54) is 10.9 Å². The first-order chi connectivity index (χ1) is 8.49. The number of carbonyl (C=O) groups excluding carboxylic acids is 1. The number of carbonyl (C=O) groups is 1. The van der Waals surface area contributed by atoms with E-state index in [1.54, 1.807) is 12.1 Å². The minimum atomic E-state index is -0.185. The van der Waals surface area contributed by atoms with Crippen molar-refractivity contribution in [2.45, 2.75) is 20.4 Å². The average Bonchev–Trinajstić information content (AvgIpc) is 2.33. The number of hydrogen-bond acceptors (Lipinski definition) is 3. The van der Waals surface area contributed by atoms with Crippen molar-refractivity contribution in [1.82, 2.24) is 9.55 Å². The number of ketones is 1. The third kappa shape index (κ3) is 2.51. The summed E-state index contributed by atoms with van der Waals surface area (Å²) in [6.45, 7) is 3.71. The lowest BCUT2D eigenvalue weighted by atomic mass is 10.1. The van der Waals surface area contributed by atoms with Crippen LogP contribution in [-0.2, 0) is 11.3 Å². The van der Waals surface area contributed by atoms with Crippen LogP contribution in [0.1, 0.15) is 13.8 Å². The van der Waals surface area contributed by atoms with Crippen LogP contribution in [0.25, 0.3) is 10.9 Å². The average molecular weight is 309 g/mol. The second-order valence-corrected chi connectivity index (χ2v) is 5.38. The van der Waals surface area contributed by atoms with Crippen molar-refractivity contribution in [2.75, 3.05) is 0 Å². The van der Waals surface area contributed by atoms with Crippen LogP contribution in [0.5, 0.6) is 0 Å². The zero-order valence-electron chi connectivity index (χ0n) is 10.2. The molecule has 0 fully saturated rings. The maximum Gasteiger partial charge on any atom is 0.261 e. The molecule has 2 aromatic rings. The van der Waals surface area contributed by atoms with Gasteiger partial charge in [-0.05, 0) is 18.2 Å². The van der Waals surface area contributed by atoms with Crippen molar-refractivity contribution in [2.24, 2.45) is 5.92 Å². The van der Waals surface area contributed by atoms with Gasteiger partial charge < -0.3 is 0 Å². The van der Waals surface area contributed by atoms with Crippen LogP contribution in [0.15, 0.2) is 33.8 Å². The zero-order chi connectivity index (χ0) is 13.3. The van der Waals surface area contributed by atoms with E-state index in [-0.39, 0.29) is 23.8 Å². The van der Waals surface area contributed by atoms with Crippen LogP contribution in [0.2, 0.25) is 0 Å². The van der Waals surface area contributed by atoms with Crippen molar-refractivity contribution < 1.29 is 4.79 Å². The maximum absolute atomic E-state index is 12.2. The summed E-state index contributed by atoms with van der Waals surface area (Å²) in [5, 5.41) is 0.517. The molecular weight excluding hydrogens is 296 g/mol. The van der Waals surface area contributed by atoms with E-state index in [9.17, 15) is 9.59 Å². The monoisotopic (exact) mass is 308 g/mol. The Kier molecular flexibility index (Phi) is 3.61. The number of fused-ring (bicyclic) bond motifs is 1. The summed E-state index contributed by atoms with van der Waals surface area (Å²) in [5.74, 6) is -0.0663. The molecule has 0 aliphatic carbocycles. The van der Waals surface area contributed by atoms with Crippen molar-refractivity contribution in [1.29, 1.82) is 0 Å². The molecule has 4 nitrogen and oxygen atoms in total. The minimum Gasteiger partial charge on any atom is -0.297 e. The summed E-state index contributed by atoms with van der Waals surface area (Å²) in [7, 11) is 0. The molecule has 0 bridgehead atoms. The molecule has 0 saturated heterocycles. The van der Waals surface area contributed by atoms with E-state index in [2.05, 4.69) is 20.9 Å². The largest absolute Gasteiger partial charge is 0.297 e. The summed E-state index contributed by atoms with van der Waals surface area (Å²) in [5.41, 5.74) is 0.451. The van der Waals surface area contributed by atoms with E-state index in [1.807, 2.05) is 19.9 Å². The molecule has 1 aromatic carbocycles. The third-order valence-corrected chi connectivity index (χ3v) is 3.25. The van der Waals surface area contributed by atoms with Crippen molar-refractivity contribution in [3.63, 3.8) is 0 Å². The smallest absolute Gasteiger partial charge is 0.261 e. The predicted molar refractivity (Wildman–Crippen MR) is 73.5 cm³/mol. The molecule has 0 N–H and O–H groups in total. The van der Waals surface area contributed by atoms with Gasteiger partial charge in [-0.3, -0.25) is 14.2 Å². The van der Waals surface area contributed by atoms with Gasteiger partial charge in [-0.2, -0.15) is 0 Å². The highest BCUT2D eigenvalue weighted by atomic mass is 79.9. The molecule has 1 heterocycles. The standard InChI is InChI=1S/C13H13BrN2O2/c1-8(2)12(17)6-16-7-15-11-4-3-9(14)5-10(11)13(16)18/h3-5,7-8H,6H2,1-2H3. The van der Waals surface area contributed by atoms with Gasteiger partial charge in [0.05, 0.1) is 23.8 Å². The molecular formula is C13H13BrN2O2. The summed E-state index contributed by atoms with van der Waals surface area (Å²) in [6, 6.07) is 5.33. The third-order valence-electron chi connectivity index (χ3n) is 2.76. The normalized spacial score (nSPS) is 11.1. The first kappa shape index (κ1) is 13.0. The van der Waals surface area contributed by atoms with Gasteiger partial charge in [0.15, 0.2) is 5.78 Å². The van der Waals surface area contributed by atoms with Gasteiger partial charge in [0.1, 0.15) is 0 Å². The number of benzene rings is 1. The highest BCUT2D eigenvalue weighted by Crippen LogP contribution is 2.14. The van der Waals surface area contributed by atoms with Gasteiger partial charge >= 0.3 is 0 Å². The van der Waals surface area contributed by atoms with Crippen molar-refractivity contribution in [3.05, 3.63) is 39.4 Å². The summed E-state index contributed by atoms with van der Waals surface area (Å²) < 4.78 is 2.18. The highest BCUT2D eigenvalue weighted by Gasteiger charge is 2.11. The van der Waals surface area contributed by atoms with Crippen LogP contribution >= 0.6 is 15.9 Å². The van der Waals surface area contributed by atoms with Crippen LogP contribution in [0, 0.1) is 5.92 Å². The maximum atomic E-state index is 12.2.